The SMILES string of the molecule is Cc1cc(F)cc(C(N)C2CCS(=O)(=O)C2)c1. The third-order valence-electron chi connectivity index (χ3n) is 3.22. The predicted octanol–water partition coefficient (Wildman–Crippen LogP) is 1.57. The standard InChI is InChI=1S/C12H16FNO2S/c1-8-4-10(6-11(13)5-8)12(14)9-2-3-17(15,16)7-9/h4-6,9,12H,2-3,7,14H2,1H3. The molecule has 0 saturated carbocycles. The van der Waals surface area contributed by atoms with Crippen LogP contribution in [0.5, 0.6) is 0 Å². The molecule has 0 aromatic heterocycles. The molecule has 2 unspecified atom stereocenters. The lowest BCUT2D eigenvalue weighted by Gasteiger charge is -2.18. The fraction of sp³-hybridized carbons (Fsp3) is 0.500. The number of halogens is 1. The Morgan fingerprint density at radius 2 is 2.12 bits per heavy atom. The van der Waals surface area contributed by atoms with Crippen molar-refractivity contribution in [1.82, 2.24) is 0 Å². The van der Waals surface area contributed by atoms with E-state index in [2.05, 4.69) is 0 Å². The molecule has 17 heavy (non-hydrogen) atoms. The molecule has 3 nitrogen and oxygen atoms in total. The van der Waals surface area contributed by atoms with Crippen LogP contribution in [0.3, 0.4) is 0 Å². The first-order valence-electron chi connectivity index (χ1n) is 5.60. The van der Waals surface area contributed by atoms with Crippen molar-refractivity contribution in [2.45, 2.75) is 19.4 Å². The quantitative estimate of drug-likeness (QED) is 0.874. The van der Waals surface area contributed by atoms with Crippen molar-refractivity contribution < 1.29 is 12.8 Å². The third-order valence-corrected chi connectivity index (χ3v) is 5.02. The van der Waals surface area contributed by atoms with Crippen LogP contribution >= 0.6 is 0 Å². The van der Waals surface area contributed by atoms with Gasteiger partial charge < -0.3 is 5.73 Å². The molecule has 0 spiro atoms. The van der Waals surface area contributed by atoms with Crippen LogP contribution in [0.4, 0.5) is 4.39 Å². The molecule has 1 aliphatic heterocycles. The number of rotatable bonds is 2. The number of hydrogen-bond donors (Lipinski definition) is 1. The van der Waals surface area contributed by atoms with Gasteiger partial charge in [0.05, 0.1) is 11.5 Å². The highest BCUT2D eigenvalue weighted by Crippen LogP contribution is 2.30. The van der Waals surface area contributed by atoms with Gasteiger partial charge in [0.2, 0.25) is 0 Å². The Morgan fingerprint density at radius 3 is 2.65 bits per heavy atom. The summed E-state index contributed by atoms with van der Waals surface area (Å²) >= 11 is 0. The number of nitrogens with two attached hydrogens (primary N) is 1. The lowest BCUT2D eigenvalue weighted by Crippen LogP contribution is -2.22. The van der Waals surface area contributed by atoms with Crippen molar-refractivity contribution in [1.29, 1.82) is 0 Å². The molecule has 1 saturated heterocycles. The van der Waals surface area contributed by atoms with E-state index >= 15 is 0 Å². The van der Waals surface area contributed by atoms with E-state index in [1.807, 2.05) is 6.07 Å². The maximum atomic E-state index is 13.3. The molecule has 1 aromatic rings. The van der Waals surface area contributed by atoms with Crippen molar-refractivity contribution in [3.63, 3.8) is 0 Å². The van der Waals surface area contributed by atoms with Gasteiger partial charge in [0.25, 0.3) is 0 Å². The van der Waals surface area contributed by atoms with Crippen molar-refractivity contribution in [2.75, 3.05) is 11.5 Å². The van der Waals surface area contributed by atoms with Crippen LogP contribution in [0.15, 0.2) is 18.2 Å². The van der Waals surface area contributed by atoms with Gasteiger partial charge in [-0.2, -0.15) is 0 Å². The zero-order chi connectivity index (χ0) is 12.6. The van der Waals surface area contributed by atoms with Gasteiger partial charge in [0.1, 0.15) is 5.82 Å². The minimum Gasteiger partial charge on any atom is -0.324 e. The molecule has 0 aliphatic carbocycles. The third kappa shape index (κ3) is 2.84. The largest absolute Gasteiger partial charge is 0.324 e. The van der Waals surface area contributed by atoms with E-state index in [-0.39, 0.29) is 23.2 Å². The summed E-state index contributed by atoms with van der Waals surface area (Å²) in [6.45, 7) is 1.80. The molecule has 1 aromatic carbocycles. The number of aryl methyl sites for hydroxylation is 1. The smallest absolute Gasteiger partial charge is 0.150 e. The summed E-state index contributed by atoms with van der Waals surface area (Å²) in [5, 5.41) is 0. The van der Waals surface area contributed by atoms with E-state index in [4.69, 9.17) is 5.73 Å². The summed E-state index contributed by atoms with van der Waals surface area (Å²) in [5.41, 5.74) is 7.52. The lowest BCUT2D eigenvalue weighted by molar-refractivity contribution is 0.477. The topological polar surface area (TPSA) is 60.2 Å². The van der Waals surface area contributed by atoms with E-state index in [1.165, 1.54) is 12.1 Å². The van der Waals surface area contributed by atoms with Crippen molar-refractivity contribution in [2.24, 2.45) is 11.7 Å². The molecule has 5 heteroatoms. The second-order valence-corrected chi connectivity index (χ2v) is 6.98. The monoisotopic (exact) mass is 257 g/mol. The minimum absolute atomic E-state index is 0.0961. The second-order valence-electron chi connectivity index (χ2n) is 4.75. The predicted molar refractivity (Wildman–Crippen MR) is 64.8 cm³/mol. The summed E-state index contributed by atoms with van der Waals surface area (Å²) in [7, 11) is -2.94. The van der Waals surface area contributed by atoms with E-state index in [0.717, 1.165) is 5.56 Å². The molecule has 1 aliphatic rings. The molecule has 1 fully saturated rings. The maximum Gasteiger partial charge on any atom is 0.150 e. The van der Waals surface area contributed by atoms with Gasteiger partial charge in [-0.1, -0.05) is 6.07 Å². The normalized spacial score (nSPS) is 24.8. The first kappa shape index (κ1) is 12.5. The maximum absolute atomic E-state index is 13.3. The Balaban J connectivity index is 2.23. The van der Waals surface area contributed by atoms with Gasteiger partial charge in [-0.25, -0.2) is 12.8 Å². The Labute approximate surface area is 101 Å². The fourth-order valence-electron chi connectivity index (χ4n) is 2.34. The van der Waals surface area contributed by atoms with Crippen LogP contribution in [-0.2, 0) is 9.84 Å². The van der Waals surface area contributed by atoms with Crippen molar-refractivity contribution in [3.8, 4) is 0 Å². The molecule has 2 rings (SSSR count). The lowest BCUT2D eigenvalue weighted by atomic mass is 9.92. The Bertz CT molecular complexity index is 507. The second kappa shape index (κ2) is 4.38. The number of hydrogen-bond acceptors (Lipinski definition) is 3. The molecule has 2 N–H and O–H groups in total. The summed E-state index contributed by atoms with van der Waals surface area (Å²) in [4.78, 5) is 0. The molecule has 0 bridgehead atoms. The van der Waals surface area contributed by atoms with Crippen LogP contribution in [-0.4, -0.2) is 19.9 Å². The zero-order valence-electron chi connectivity index (χ0n) is 9.69. The first-order chi connectivity index (χ1) is 7.87. The summed E-state index contributed by atoms with van der Waals surface area (Å²) in [5.74, 6) is -0.110. The van der Waals surface area contributed by atoms with Crippen LogP contribution in [0.25, 0.3) is 0 Å². The van der Waals surface area contributed by atoms with Gasteiger partial charge >= 0.3 is 0 Å². The summed E-state index contributed by atoms with van der Waals surface area (Å²) in [6.07, 6.45) is 0.569. The van der Waals surface area contributed by atoms with E-state index < -0.39 is 15.9 Å². The molecule has 0 radical (unpaired) electrons. The molecule has 94 valence electrons. The average Bonchev–Trinajstić information content (AvgIpc) is 2.56. The van der Waals surface area contributed by atoms with Crippen molar-refractivity contribution >= 4 is 9.84 Å². The van der Waals surface area contributed by atoms with Crippen LogP contribution in [0.2, 0.25) is 0 Å². The van der Waals surface area contributed by atoms with Gasteiger partial charge in [-0.3, -0.25) is 0 Å². The number of sulfone groups is 1. The van der Waals surface area contributed by atoms with Crippen LogP contribution < -0.4 is 5.73 Å². The van der Waals surface area contributed by atoms with Crippen LogP contribution in [0, 0.1) is 18.7 Å². The molecular formula is C12H16FNO2S. The van der Waals surface area contributed by atoms with Gasteiger partial charge in [0.15, 0.2) is 9.84 Å². The molecular weight excluding hydrogens is 241 g/mol. The fourth-order valence-corrected chi connectivity index (χ4v) is 4.19. The Hall–Kier alpha value is -0.940. The van der Waals surface area contributed by atoms with E-state index in [1.54, 1.807) is 6.92 Å². The van der Waals surface area contributed by atoms with Gasteiger partial charge in [-0.05, 0) is 42.5 Å². The van der Waals surface area contributed by atoms with Crippen LogP contribution in [0.1, 0.15) is 23.6 Å². The van der Waals surface area contributed by atoms with E-state index in [9.17, 15) is 12.8 Å². The highest BCUT2D eigenvalue weighted by Gasteiger charge is 2.32. The Morgan fingerprint density at radius 1 is 1.41 bits per heavy atom. The van der Waals surface area contributed by atoms with Gasteiger partial charge in [-0.15, -0.1) is 0 Å². The first-order valence-corrected chi connectivity index (χ1v) is 7.42. The average molecular weight is 257 g/mol. The summed E-state index contributed by atoms with van der Waals surface area (Å²) in [6, 6.07) is 4.24. The van der Waals surface area contributed by atoms with Gasteiger partial charge in [0, 0.05) is 6.04 Å². The molecule has 2 atom stereocenters. The number of benzene rings is 1. The minimum atomic E-state index is -2.94. The highest BCUT2D eigenvalue weighted by molar-refractivity contribution is 7.91. The highest BCUT2D eigenvalue weighted by atomic mass is 32.2. The van der Waals surface area contributed by atoms with Crippen molar-refractivity contribution in [3.05, 3.63) is 35.1 Å². The molecule has 1 heterocycles. The zero-order valence-corrected chi connectivity index (χ0v) is 10.5. The molecule has 0 amide bonds. The van der Waals surface area contributed by atoms with E-state index in [0.29, 0.717) is 12.0 Å². The summed E-state index contributed by atoms with van der Waals surface area (Å²) < 4.78 is 36.0. The Kier molecular flexibility index (Phi) is 3.23.